The number of carbonyl (C=O) groups excluding carboxylic acids is 1. The molecule has 0 aliphatic heterocycles. The normalized spacial score (nSPS) is 10.3. The van der Waals surface area contributed by atoms with Gasteiger partial charge in [-0.1, -0.05) is 23.9 Å². The Hall–Kier alpha value is -3.04. The van der Waals surface area contributed by atoms with Crippen molar-refractivity contribution in [3.05, 3.63) is 59.7 Å². The maximum absolute atomic E-state index is 12.2. The van der Waals surface area contributed by atoms with Gasteiger partial charge in [-0.05, 0) is 48.9 Å². The third-order valence-corrected chi connectivity index (χ3v) is 4.74. The number of ether oxygens (including phenoxy) is 1. The highest BCUT2D eigenvalue weighted by Gasteiger charge is 2.11. The summed E-state index contributed by atoms with van der Waals surface area (Å²) < 4.78 is 5.20. The van der Waals surface area contributed by atoms with Crippen LogP contribution < -0.4 is 10.1 Å². The highest BCUT2D eigenvalue weighted by atomic mass is 32.2. The van der Waals surface area contributed by atoms with Gasteiger partial charge in [-0.15, -0.1) is 0 Å². The Bertz CT molecular complexity index is 1010. The molecule has 26 heavy (non-hydrogen) atoms. The molecule has 1 heterocycles. The number of nitriles is 1. The summed E-state index contributed by atoms with van der Waals surface area (Å²) in [7, 11) is 1.59. The molecule has 0 fully saturated rings. The molecular formula is C20H17N3O2S. The maximum atomic E-state index is 12.2. The molecule has 0 saturated carbocycles. The van der Waals surface area contributed by atoms with Crippen LogP contribution in [0.1, 0.15) is 11.1 Å². The van der Waals surface area contributed by atoms with E-state index in [2.05, 4.69) is 16.4 Å². The summed E-state index contributed by atoms with van der Waals surface area (Å²) in [6.45, 7) is 1.97. The number of amides is 1. The molecule has 6 heteroatoms. The van der Waals surface area contributed by atoms with Gasteiger partial charge < -0.3 is 10.1 Å². The van der Waals surface area contributed by atoms with Gasteiger partial charge in [0.2, 0.25) is 5.91 Å². The van der Waals surface area contributed by atoms with Gasteiger partial charge in [0.25, 0.3) is 0 Å². The molecule has 1 N–H and O–H groups in total. The zero-order valence-corrected chi connectivity index (χ0v) is 15.3. The summed E-state index contributed by atoms with van der Waals surface area (Å²) in [5.41, 5.74) is 3.04. The average molecular weight is 363 g/mol. The van der Waals surface area contributed by atoms with Crippen molar-refractivity contribution in [2.75, 3.05) is 18.2 Å². The van der Waals surface area contributed by atoms with Crippen molar-refractivity contribution in [2.45, 2.75) is 11.9 Å². The topological polar surface area (TPSA) is 75.0 Å². The van der Waals surface area contributed by atoms with E-state index in [-0.39, 0.29) is 11.7 Å². The van der Waals surface area contributed by atoms with E-state index in [0.29, 0.717) is 16.3 Å². The van der Waals surface area contributed by atoms with Gasteiger partial charge in [-0.25, -0.2) is 4.98 Å². The molecule has 1 aromatic heterocycles. The van der Waals surface area contributed by atoms with Crippen LogP contribution in [0.3, 0.4) is 0 Å². The number of hydrogen-bond donors (Lipinski definition) is 1. The van der Waals surface area contributed by atoms with Crippen LogP contribution in [0.15, 0.2) is 53.6 Å². The first-order valence-electron chi connectivity index (χ1n) is 7.97. The van der Waals surface area contributed by atoms with Crippen LogP contribution in [0, 0.1) is 18.3 Å². The Morgan fingerprint density at radius 1 is 1.27 bits per heavy atom. The highest BCUT2D eigenvalue weighted by molar-refractivity contribution is 8.00. The number of nitrogens with zero attached hydrogens (tertiary/aromatic N) is 2. The lowest BCUT2D eigenvalue weighted by atomic mass is 10.1. The number of aromatic nitrogens is 1. The second-order valence-corrected chi connectivity index (χ2v) is 6.68. The number of thioether (sulfide) groups is 1. The van der Waals surface area contributed by atoms with Crippen molar-refractivity contribution < 1.29 is 9.53 Å². The number of fused-ring (bicyclic) bond motifs is 1. The summed E-state index contributed by atoms with van der Waals surface area (Å²) in [6.07, 6.45) is 0. The standard InChI is InChI=1S/C20H17N3O2S/c1-13-4-3-5-16(8-13)22-19(24)12-26-20-15(11-21)9-14-10-17(25-2)6-7-18(14)23-20/h3-10H,12H2,1-2H3,(H,22,24). The Morgan fingerprint density at radius 3 is 2.85 bits per heavy atom. The van der Waals surface area contributed by atoms with Crippen LogP contribution in [0.5, 0.6) is 5.75 Å². The van der Waals surface area contributed by atoms with Crippen LogP contribution in [0.25, 0.3) is 10.9 Å². The number of carbonyl (C=O) groups is 1. The van der Waals surface area contributed by atoms with E-state index in [1.165, 1.54) is 11.8 Å². The highest BCUT2D eigenvalue weighted by Crippen LogP contribution is 2.27. The molecule has 130 valence electrons. The van der Waals surface area contributed by atoms with Crippen LogP contribution >= 0.6 is 11.8 Å². The molecule has 2 aromatic carbocycles. The first-order valence-corrected chi connectivity index (χ1v) is 8.96. The number of pyridine rings is 1. The lowest BCUT2D eigenvalue weighted by Gasteiger charge is -2.08. The van der Waals surface area contributed by atoms with E-state index in [9.17, 15) is 10.1 Å². The Balaban J connectivity index is 1.75. The largest absolute Gasteiger partial charge is 0.497 e. The second kappa shape index (κ2) is 7.89. The average Bonchev–Trinajstić information content (AvgIpc) is 2.65. The van der Waals surface area contributed by atoms with Gasteiger partial charge in [-0.2, -0.15) is 5.26 Å². The zero-order valence-electron chi connectivity index (χ0n) is 14.4. The summed E-state index contributed by atoms with van der Waals surface area (Å²) in [4.78, 5) is 16.7. The first kappa shape index (κ1) is 17.8. The minimum absolute atomic E-state index is 0.138. The van der Waals surface area contributed by atoms with Crippen molar-refractivity contribution in [3.8, 4) is 11.8 Å². The van der Waals surface area contributed by atoms with Crippen LogP contribution in [-0.4, -0.2) is 23.8 Å². The summed E-state index contributed by atoms with van der Waals surface area (Å²) in [5.74, 6) is 0.749. The SMILES string of the molecule is COc1ccc2nc(SCC(=O)Nc3cccc(C)c3)c(C#N)cc2c1. The third kappa shape index (κ3) is 4.13. The molecule has 0 aliphatic carbocycles. The van der Waals surface area contributed by atoms with Crippen LogP contribution in [0.2, 0.25) is 0 Å². The van der Waals surface area contributed by atoms with Crippen molar-refractivity contribution in [1.82, 2.24) is 4.98 Å². The molecule has 0 spiro atoms. The second-order valence-electron chi connectivity index (χ2n) is 5.72. The Kier molecular flexibility index (Phi) is 5.40. The lowest BCUT2D eigenvalue weighted by Crippen LogP contribution is -2.14. The minimum atomic E-state index is -0.138. The zero-order chi connectivity index (χ0) is 18.5. The molecule has 1 amide bonds. The lowest BCUT2D eigenvalue weighted by molar-refractivity contribution is -0.113. The molecule has 0 saturated heterocycles. The fourth-order valence-electron chi connectivity index (χ4n) is 2.51. The van der Waals surface area contributed by atoms with E-state index >= 15 is 0 Å². The molecule has 5 nitrogen and oxygen atoms in total. The van der Waals surface area contributed by atoms with E-state index in [4.69, 9.17) is 4.74 Å². The molecule has 3 rings (SSSR count). The molecule has 3 aromatic rings. The molecule has 0 bridgehead atoms. The maximum Gasteiger partial charge on any atom is 0.234 e. The third-order valence-electron chi connectivity index (χ3n) is 3.75. The van der Waals surface area contributed by atoms with Gasteiger partial charge in [0.1, 0.15) is 16.8 Å². The van der Waals surface area contributed by atoms with Gasteiger partial charge in [0.05, 0.1) is 23.9 Å². The molecule has 0 unspecified atom stereocenters. The van der Waals surface area contributed by atoms with E-state index < -0.39 is 0 Å². The number of hydrogen-bond acceptors (Lipinski definition) is 5. The van der Waals surface area contributed by atoms with Crippen molar-refractivity contribution in [2.24, 2.45) is 0 Å². The smallest absolute Gasteiger partial charge is 0.234 e. The quantitative estimate of drug-likeness (QED) is 0.689. The van der Waals surface area contributed by atoms with Gasteiger partial charge in [0, 0.05) is 11.1 Å². The number of methoxy groups -OCH3 is 1. The predicted molar refractivity (Wildman–Crippen MR) is 104 cm³/mol. The van der Waals surface area contributed by atoms with Gasteiger partial charge >= 0.3 is 0 Å². The molecule has 0 atom stereocenters. The summed E-state index contributed by atoms with van der Waals surface area (Å²) in [6, 6.07) is 17.0. The van der Waals surface area contributed by atoms with Crippen molar-refractivity contribution in [3.63, 3.8) is 0 Å². The number of nitrogens with one attached hydrogen (secondary N) is 1. The minimum Gasteiger partial charge on any atom is -0.497 e. The number of anilines is 1. The molecule has 0 aliphatic rings. The first-order chi connectivity index (χ1) is 12.6. The Labute approximate surface area is 156 Å². The number of benzene rings is 2. The van der Waals surface area contributed by atoms with E-state index in [0.717, 1.165) is 22.2 Å². The fourth-order valence-corrected chi connectivity index (χ4v) is 3.27. The predicted octanol–water partition coefficient (Wildman–Crippen LogP) is 4.15. The fraction of sp³-hybridized carbons (Fsp3) is 0.150. The number of rotatable bonds is 5. The summed E-state index contributed by atoms with van der Waals surface area (Å²) >= 11 is 1.25. The van der Waals surface area contributed by atoms with Crippen molar-refractivity contribution in [1.29, 1.82) is 5.26 Å². The molecule has 0 radical (unpaired) electrons. The van der Waals surface area contributed by atoms with Crippen molar-refractivity contribution >= 4 is 34.3 Å². The van der Waals surface area contributed by atoms with Crippen LogP contribution in [-0.2, 0) is 4.79 Å². The van der Waals surface area contributed by atoms with E-state index in [1.54, 1.807) is 13.2 Å². The van der Waals surface area contributed by atoms with E-state index in [1.807, 2.05) is 49.4 Å². The van der Waals surface area contributed by atoms with Crippen LogP contribution in [0.4, 0.5) is 5.69 Å². The number of aryl methyl sites for hydroxylation is 1. The summed E-state index contributed by atoms with van der Waals surface area (Å²) in [5, 5.41) is 13.6. The molecular weight excluding hydrogens is 346 g/mol. The monoisotopic (exact) mass is 363 g/mol. The van der Waals surface area contributed by atoms with Gasteiger partial charge in [-0.3, -0.25) is 4.79 Å². The van der Waals surface area contributed by atoms with Gasteiger partial charge in [0.15, 0.2) is 0 Å². The Morgan fingerprint density at radius 2 is 2.12 bits per heavy atom.